The van der Waals surface area contributed by atoms with E-state index in [-0.39, 0.29) is 0 Å². The van der Waals surface area contributed by atoms with Gasteiger partial charge in [0.05, 0.1) is 16.7 Å². The van der Waals surface area contributed by atoms with E-state index in [0.717, 1.165) is 16.9 Å². The molecule has 0 atom stereocenters. The molecule has 0 aliphatic heterocycles. The molecular weight excluding hydrogens is 448 g/mol. The molecule has 0 aliphatic rings. The van der Waals surface area contributed by atoms with Crippen molar-refractivity contribution in [2.75, 3.05) is 0 Å². The molecule has 0 fully saturated rings. The average molecular weight is 473 g/mol. The molecule has 2 nitrogen and oxygen atoms in total. The van der Waals surface area contributed by atoms with Gasteiger partial charge < -0.3 is 4.57 Å². The van der Waals surface area contributed by atoms with E-state index in [1.807, 2.05) is 12.3 Å². The Balaban J connectivity index is 1.50. The smallest absolute Gasteiger partial charge is 0.0722 e. The largest absolute Gasteiger partial charge is 0.309 e. The number of nitrogens with zero attached hydrogens (tertiary/aromatic N) is 2. The molecule has 5 aromatic carbocycles. The third-order valence-corrected chi connectivity index (χ3v) is 7.05. The minimum absolute atomic E-state index is 0.968. The quantitative estimate of drug-likeness (QED) is 0.250. The Morgan fingerprint density at radius 3 is 1.41 bits per heavy atom. The van der Waals surface area contributed by atoms with E-state index in [1.54, 1.807) is 0 Å². The molecular formula is C35H24N2. The van der Waals surface area contributed by atoms with Crippen LogP contribution in [-0.2, 0) is 0 Å². The number of fused-ring (bicyclic) bond motifs is 3. The van der Waals surface area contributed by atoms with Crippen molar-refractivity contribution in [3.8, 4) is 39.2 Å². The fourth-order valence-corrected chi connectivity index (χ4v) is 5.25. The van der Waals surface area contributed by atoms with Crippen LogP contribution in [0.25, 0.3) is 61.0 Å². The lowest BCUT2D eigenvalue weighted by Crippen LogP contribution is -1.95. The van der Waals surface area contributed by atoms with Gasteiger partial charge in [0.1, 0.15) is 0 Å². The molecule has 0 saturated carbocycles. The van der Waals surface area contributed by atoms with Crippen LogP contribution in [0, 0.1) is 0 Å². The molecule has 0 N–H and O–H groups in total. The van der Waals surface area contributed by atoms with Crippen molar-refractivity contribution >= 4 is 21.8 Å². The first-order chi connectivity index (χ1) is 18.3. The van der Waals surface area contributed by atoms with Crippen LogP contribution in [0.2, 0.25) is 0 Å². The van der Waals surface area contributed by atoms with Crippen molar-refractivity contribution in [3.05, 3.63) is 146 Å². The third kappa shape index (κ3) is 3.80. The fraction of sp³-hybridized carbons (Fsp3) is 0. The summed E-state index contributed by atoms with van der Waals surface area (Å²) in [6.45, 7) is 0. The molecule has 2 heteroatoms. The molecule has 0 unspecified atom stereocenters. The lowest BCUT2D eigenvalue weighted by atomic mass is 10.0. The van der Waals surface area contributed by atoms with Gasteiger partial charge in [-0.25, -0.2) is 0 Å². The van der Waals surface area contributed by atoms with Gasteiger partial charge in [-0.1, -0.05) is 103 Å². The molecule has 0 saturated heterocycles. The Labute approximate surface area is 216 Å². The van der Waals surface area contributed by atoms with Gasteiger partial charge in [0.25, 0.3) is 0 Å². The second-order valence-electron chi connectivity index (χ2n) is 9.30. The summed E-state index contributed by atoms with van der Waals surface area (Å²) in [5.41, 5.74) is 10.4. The van der Waals surface area contributed by atoms with Gasteiger partial charge in [0, 0.05) is 28.2 Å². The van der Waals surface area contributed by atoms with Crippen LogP contribution in [0.5, 0.6) is 0 Å². The van der Waals surface area contributed by atoms with Crippen LogP contribution in [-0.4, -0.2) is 9.55 Å². The first-order valence-electron chi connectivity index (χ1n) is 12.6. The molecule has 7 rings (SSSR count). The van der Waals surface area contributed by atoms with Crippen LogP contribution in [0.4, 0.5) is 0 Å². The minimum atomic E-state index is 0.968. The summed E-state index contributed by atoms with van der Waals surface area (Å²) >= 11 is 0. The Hall–Kier alpha value is -4.95. The standard InChI is InChI=1S/C35H24N2/c1-4-10-25(11-5-1)28-16-18-34-31(22-28)32-23-29(26-12-6-2-7-13-26)17-19-35(32)37(34)30-20-21-36-33(24-30)27-14-8-3-9-15-27/h1-24H. The zero-order chi connectivity index (χ0) is 24.6. The molecule has 0 spiro atoms. The van der Waals surface area contributed by atoms with E-state index in [1.165, 1.54) is 44.1 Å². The Kier molecular flexibility index (Phi) is 5.15. The highest BCUT2D eigenvalue weighted by molar-refractivity contribution is 6.11. The van der Waals surface area contributed by atoms with Gasteiger partial charge in [-0.2, -0.15) is 0 Å². The van der Waals surface area contributed by atoms with Crippen molar-refractivity contribution in [2.24, 2.45) is 0 Å². The van der Waals surface area contributed by atoms with E-state index < -0.39 is 0 Å². The summed E-state index contributed by atoms with van der Waals surface area (Å²) in [5, 5.41) is 2.49. The molecule has 0 aliphatic carbocycles. The maximum atomic E-state index is 4.67. The highest BCUT2D eigenvalue weighted by atomic mass is 15.0. The SMILES string of the molecule is c1ccc(-c2ccc3c(c2)c2cc(-c4ccccc4)ccc2n3-c2ccnc(-c3ccccc3)c2)cc1. The predicted octanol–water partition coefficient (Wildman–Crippen LogP) is 9.18. The Bertz CT molecular complexity index is 1750. The minimum Gasteiger partial charge on any atom is -0.309 e. The highest BCUT2D eigenvalue weighted by Crippen LogP contribution is 2.37. The Morgan fingerprint density at radius 2 is 0.892 bits per heavy atom. The number of hydrogen-bond donors (Lipinski definition) is 0. The van der Waals surface area contributed by atoms with Crippen molar-refractivity contribution < 1.29 is 0 Å². The molecule has 0 bridgehead atoms. The number of hydrogen-bond acceptors (Lipinski definition) is 1. The van der Waals surface area contributed by atoms with Gasteiger partial charge >= 0.3 is 0 Å². The summed E-state index contributed by atoms with van der Waals surface area (Å²) < 4.78 is 2.36. The van der Waals surface area contributed by atoms with E-state index in [0.29, 0.717) is 0 Å². The lowest BCUT2D eigenvalue weighted by Gasteiger charge is -2.10. The maximum Gasteiger partial charge on any atom is 0.0722 e. The van der Waals surface area contributed by atoms with Crippen molar-refractivity contribution in [1.82, 2.24) is 9.55 Å². The zero-order valence-electron chi connectivity index (χ0n) is 20.3. The zero-order valence-corrected chi connectivity index (χ0v) is 20.3. The molecule has 2 heterocycles. The second-order valence-corrected chi connectivity index (χ2v) is 9.30. The average Bonchev–Trinajstić information content (AvgIpc) is 3.31. The molecule has 0 radical (unpaired) electrons. The van der Waals surface area contributed by atoms with Crippen LogP contribution in [0.3, 0.4) is 0 Å². The van der Waals surface area contributed by atoms with Crippen LogP contribution in [0.15, 0.2) is 146 Å². The molecule has 0 amide bonds. The number of aromatic nitrogens is 2. The molecule has 2 aromatic heterocycles. The van der Waals surface area contributed by atoms with E-state index in [2.05, 4.69) is 143 Å². The summed E-state index contributed by atoms with van der Waals surface area (Å²) in [7, 11) is 0. The maximum absolute atomic E-state index is 4.67. The monoisotopic (exact) mass is 472 g/mol. The predicted molar refractivity (Wildman–Crippen MR) is 155 cm³/mol. The van der Waals surface area contributed by atoms with Crippen molar-refractivity contribution in [3.63, 3.8) is 0 Å². The van der Waals surface area contributed by atoms with Crippen LogP contribution in [0.1, 0.15) is 0 Å². The third-order valence-electron chi connectivity index (χ3n) is 7.05. The lowest BCUT2D eigenvalue weighted by molar-refractivity contribution is 1.16. The van der Waals surface area contributed by atoms with Crippen molar-refractivity contribution in [1.29, 1.82) is 0 Å². The number of benzene rings is 5. The first kappa shape index (κ1) is 21.3. The first-order valence-corrected chi connectivity index (χ1v) is 12.6. The molecule has 37 heavy (non-hydrogen) atoms. The summed E-state index contributed by atoms with van der Waals surface area (Å²) in [6.07, 6.45) is 1.91. The van der Waals surface area contributed by atoms with Crippen molar-refractivity contribution in [2.45, 2.75) is 0 Å². The second kappa shape index (κ2) is 8.92. The summed E-state index contributed by atoms with van der Waals surface area (Å²) in [6, 6.07) is 49.5. The van der Waals surface area contributed by atoms with Crippen LogP contribution >= 0.6 is 0 Å². The van der Waals surface area contributed by atoms with E-state index in [9.17, 15) is 0 Å². The van der Waals surface area contributed by atoms with Gasteiger partial charge in [0.15, 0.2) is 0 Å². The fourth-order valence-electron chi connectivity index (χ4n) is 5.25. The normalized spacial score (nSPS) is 11.2. The van der Waals surface area contributed by atoms with Gasteiger partial charge in [-0.3, -0.25) is 4.98 Å². The van der Waals surface area contributed by atoms with Gasteiger partial charge in [-0.15, -0.1) is 0 Å². The van der Waals surface area contributed by atoms with Gasteiger partial charge in [0.2, 0.25) is 0 Å². The highest BCUT2D eigenvalue weighted by Gasteiger charge is 2.15. The number of pyridine rings is 1. The topological polar surface area (TPSA) is 17.8 Å². The van der Waals surface area contributed by atoms with E-state index >= 15 is 0 Å². The van der Waals surface area contributed by atoms with Crippen LogP contribution < -0.4 is 0 Å². The summed E-state index contributed by atoms with van der Waals surface area (Å²) in [4.78, 5) is 4.67. The molecule has 7 aromatic rings. The summed E-state index contributed by atoms with van der Waals surface area (Å²) in [5.74, 6) is 0. The number of rotatable bonds is 4. The van der Waals surface area contributed by atoms with Gasteiger partial charge in [-0.05, 0) is 58.7 Å². The van der Waals surface area contributed by atoms with E-state index in [4.69, 9.17) is 0 Å². The Morgan fingerprint density at radius 1 is 0.405 bits per heavy atom. The molecule has 174 valence electrons.